The number of fused-ring (bicyclic) bond motifs is 1. The number of rotatable bonds is 8. The van der Waals surface area contributed by atoms with Crippen molar-refractivity contribution in [3.63, 3.8) is 0 Å². The summed E-state index contributed by atoms with van der Waals surface area (Å²) in [7, 11) is 0. The van der Waals surface area contributed by atoms with Gasteiger partial charge < -0.3 is 4.84 Å². The van der Waals surface area contributed by atoms with Gasteiger partial charge in [0.25, 0.3) is 0 Å². The highest BCUT2D eigenvalue weighted by molar-refractivity contribution is 7.99. The lowest BCUT2D eigenvalue weighted by molar-refractivity contribution is 0.232. The first-order valence-corrected chi connectivity index (χ1v) is 11.7. The van der Waals surface area contributed by atoms with E-state index >= 15 is 0 Å². The van der Waals surface area contributed by atoms with E-state index in [1.54, 1.807) is 6.08 Å². The first-order chi connectivity index (χ1) is 16.0. The molecule has 2 heterocycles. The molecule has 0 N–H and O–H groups in total. The summed E-state index contributed by atoms with van der Waals surface area (Å²) in [5.74, 6) is 0.673. The van der Waals surface area contributed by atoms with Crippen molar-refractivity contribution in [3.05, 3.63) is 83.4 Å². The van der Waals surface area contributed by atoms with Crippen molar-refractivity contribution in [2.24, 2.45) is 19.8 Å². The van der Waals surface area contributed by atoms with E-state index in [1.165, 1.54) is 11.9 Å². The fraction of sp³-hybridized carbons (Fsp3) is 0.269. The fourth-order valence-electron chi connectivity index (χ4n) is 3.30. The molecule has 1 aliphatic rings. The van der Waals surface area contributed by atoms with Crippen molar-refractivity contribution in [1.82, 2.24) is 4.98 Å². The number of hydrogen-bond donors (Lipinski definition) is 0. The predicted octanol–water partition coefficient (Wildman–Crippen LogP) is 6.29. The Balaban J connectivity index is 1.91. The van der Waals surface area contributed by atoms with E-state index in [0.717, 1.165) is 52.4 Å². The van der Waals surface area contributed by atoms with E-state index in [0.29, 0.717) is 12.2 Å². The van der Waals surface area contributed by atoms with Gasteiger partial charge in [0, 0.05) is 36.2 Å². The lowest BCUT2D eigenvalue weighted by Gasteiger charge is -2.16. The average molecular weight is 460 g/mol. The molecule has 0 fully saturated rings. The van der Waals surface area contributed by atoms with Gasteiger partial charge in [-0.1, -0.05) is 48.1 Å². The standard InChI is InChI=1S/C26H29N5OS/c1-6-21-12-13-22(28-17-21)14-16-26-24-10-8-7-9-23(24)19(3)29-30-25(20(4)33-31-26)15-11-18(2)32-27-5/h6-13,17,20H,1,5,14-16H2,2-4H3/b18-11-,29-19+,30-25-,31-26-. The van der Waals surface area contributed by atoms with Crippen LogP contribution in [0, 0.1) is 0 Å². The van der Waals surface area contributed by atoms with Crippen LogP contribution in [0.25, 0.3) is 6.08 Å². The maximum atomic E-state index is 5.08. The molecule has 6 nitrogen and oxygen atoms in total. The highest BCUT2D eigenvalue weighted by atomic mass is 32.2. The second kappa shape index (κ2) is 12.1. The summed E-state index contributed by atoms with van der Waals surface area (Å²) in [6, 6.07) is 12.3. The van der Waals surface area contributed by atoms with Gasteiger partial charge in [0.2, 0.25) is 0 Å². The molecule has 0 saturated heterocycles. The third-order valence-electron chi connectivity index (χ3n) is 5.25. The number of pyridine rings is 1. The number of allylic oxidation sites excluding steroid dienone is 2. The van der Waals surface area contributed by atoms with Gasteiger partial charge in [-0.2, -0.15) is 10.2 Å². The highest BCUT2D eigenvalue weighted by Gasteiger charge is 2.17. The summed E-state index contributed by atoms with van der Waals surface area (Å²) in [6.07, 6.45) is 7.74. The summed E-state index contributed by atoms with van der Waals surface area (Å²) in [6.45, 7) is 13.1. The molecule has 0 amide bonds. The van der Waals surface area contributed by atoms with Gasteiger partial charge in [0.1, 0.15) is 5.76 Å². The average Bonchev–Trinajstić information content (AvgIpc) is 2.84. The van der Waals surface area contributed by atoms with Gasteiger partial charge in [0.05, 0.1) is 22.4 Å². The van der Waals surface area contributed by atoms with E-state index in [1.807, 2.05) is 50.4 Å². The fourth-order valence-corrected chi connectivity index (χ4v) is 4.04. The first kappa shape index (κ1) is 24.3. The zero-order valence-electron chi connectivity index (χ0n) is 19.4. The summed E-state index contributed by atoms with van der Waals surface area (Å²) in [5.41, 5.74) is 6.96. The molecule has 33 heavy (non-hydrogen) atoms. The minimum atomic E-state index is 0.0487. The summed E-state index contributed by atoms with van der Waals surface area (Å²) in [5, 5.41) is 12.6. The van der Waals surface area contributed by atoms with Crippen LogP contribution in [0.1, 0.15) is 56.0 Å². The van der Waals surface area contributed by atoms with E-state index in [9.17, 15) is 0 Å². The van der Waals surface area contributed by atoms with Crippen molar-refractivity contribution >= 4 is 41.9 Å². The summed E-state index contributed by atoms with van der Waals surface area (Å²) in [4.78, 5) is 9.64. The monoisotopic (exact) mass is 459 g/mol. The molecule has 0 aliphatic carbocycles. The predicted molar refractivity (Wildman–Crippen MR) is 141 cm³/mol. The molecule has 3 rings (SSSR count). The Kier molecular flexibility index (Phi) is 8.89. The third-order valence-corrected chi connectivity index (χ3v) is 6.17. The molecule has 170 valence electrons. The molecule has 0 bridgehead atoms. The lowest BCUT2D eigenvalue weighted by Crippen LogP contribution is -2.16. The van der Waals surface area contributed by atoms with Crippen LogP contribution in [0.5, 0.6) is 0 Å². The van der Waals surface area contributed by atoms with Crippen LogP contribution in [-0.2, 0) is 11.3 Å². The molecule has 1 unspecified atom stereocenters. The van der Waals surface area contributed by atoms with Crippen molar-refractivity contribution in [3.8, 4) is 0 Å². The van der Waals surface area contributed by atoms with E-state index < -0.39 is 0 Å². The maximum absolute atomic E-state index is 5.08. The van der Waals surface area contributed by atoms with E-state index in [-0.39, 0.29) is 5.25 Å². The van der Waals surface area contributed by atoms with Crippen LogP contribution in [0.2, 0.25) is 0 Å². The molecule has 0 saturated carbocycles. The zero-order chi connectivity index (χ0) is 23.6. The van der Waals surface area contributed by atoms with Crippen molar-refractivity contribution in [2.75, 3.05) is 0 Å². The van der Waals surface area contributed by atoms with Crippen molar-refractivity contribution in [2.45, 2.75) is 45.3 Å². The normalized spacial score (nSPS) is 21.4. The number of benzene rings is 1. The second-order valence-electron chi connectivity index (χ2n) is 7.63. The molecular weight excluding hydrogens is 430 g/mol. The van der Waals surface area contributed by atoms with Gasteiger partial charge in [-0.05, 0) is 63.3 Å². The Morgan fingerprint density at radius 3 is 2.64 bits per heavy atom. The number of nitrogens with zero attached hydrogens (tertiary/aromatic N) is 5. The number of aromatic nitrogens is 1. The van der Waals surface area contributed by atoms with Crippen LogP contribution < -0.4 is 0 Å². The molecule has 7 heteroatoms. The maximum Gasteiger partial charge on any atom is 0.128 e. The quantitative estimate of drug-likeness (QED) is 0.202. The van der Waals surface area contributed by atoms with Crippen LogP contribution in [0.3, 0.4) is 0 Å². The molecular formula is C26H29N5OS. The van der Waals surface area contributed by atoms with Crippen LogP contribution in [0.4, 0.5) is 0 Å². The Morgan fingerprint density at radius 2 is 1.94 bits per heavy atom. The molecule has 1 aromatic carbocycles. The molecule has 0 radical (unpaired) electrons. The van der Waals surface area contributed by atoms with Crippen LogP contribution >= 0.6 is 11.9 Å². The molecule has 0 spiro atoms. The third kappa shape index (κ3) is 6.83. The molecule has 1 atom stereocenters. The molecule has 1 aliphatic heterocycles. The highest BCUT2D eigenvalue weighted by Crippen LogP contribution is 2.24. The van der Waals surface area contributed by atoms with E-state index in [4.69, 9.17) is 9.24 Å². The first-order valence-electron chi connectivity index (χ1n) is 10.8. The SMILES string of the molecule is C=Cc1ccc(CC/C2=N/SC(C)/C(C/C=C(/C)ON=C)=N\N=C(/C)c3ccccc32)nc1. The number of hydrogen-bond acceptors (Lipinski definition) is 7. The Hall–Kier alpha value is -3.32. The number of oxime groups is 1. The molecule has 1 aromatic heterocycles. The van der Waals surface area contributed by atoms with Gasteiger partial charge in [-0.15, -0.1) is 0 Å². The largest absolute Gasteiger partial charge is 0.363 e. The van der Waals surface area contributed by atoms with E-state index in [2.05, 4.69) is 52.7 Å². The van der Waals surface area contributed by atoms with Gasteiger partial charge in [-0.25, -0.2) is 4.40 Å². The Bertz CT molecular complexity index is 1120. The Morgan fingerprint density at radius 1 is 1.15 bits per heavy atom. The minimum Gasteiger partial charge on any atom is -0.363 e. The number of aryl methyl sites for hydroxylation is 1. The molecule has 2 aromatic rings. The Labute approximate surface area is 200 Å². The van der Waals surface area contributed by atoms with Crippen molar-refractivity contribution in [1.29, 1.82) is 0 Å². The smallest absolute Gasteiger partial charge is 0.128 e. The summed E-state index contributed by atoms with van der Waals surface area (Å²) >= 11 is 1.51. The van der Waals surface area contributed by atoms with Crippen molar-refractivity contribution < 1.29 is 4.84 Å². The van der Waals surface area contributed by atoms with Gasteiger partial charge in [0.15, 0.2) is 0 Å². The minimum absolute atomic E-state index is 0.0487. The topological polar surface area (TPSA) is 71.6 Å². The van der Waals surface area contributed by atoms with Crippen LogP contribution in [-0.4, -0.2) is 34.1 Å². The van der Waals surface area contributed by atoms with Gasteiger partial charge >= 0.3 is 0 Å². The summed E-state index contributed by atoms with van der Waals surface area (Å²) < 4.78 is 4.98. The zero-order valence-corrected chi connectivity index (χ0v) is 20.2. The van der Waals surface area contributed by atoms with Gasteiger partial charge in [-0.3, -0.25) is 4.98 Å². The lowest BCUT2D eigenvalue weighted by atomic mass is 9.96. The second-order valence-corrected chi connectivity index (χ2v) is 8.73. The van der Waals surface area contributed by atoms with Crippen LogP contribution in [0.15, 0.2) is 80.8 Å².